The number of rotatable bonds is 6. The Hall–Kier alpha value is -1.87. The van der Waals surface area contributed by atoms with Gasteiger partial charge in [-0.05, 0) is 42.3 Å². The van der Waals surface area contributed by atoms with Crippen LogP contribution in [0.1, 0.15) is 12.0 Å². The summed E-state index contributed by atoms with van der Waals surface area (Å²) in [5, 5.41) is 7.59. The van der Waals surface area contributed by atoms with E-state index in [4.69, 9.17) is 21.1 Å². The van der Waals surface area contributed by atoms with Gasteiger partial charge >= 0.3 is 0 Å². The molecule has 1 heterocycles. The monoisotopic (exact) mass is 530 g/mol. The summed E-state index contributed by atoms with van der Waals surface area (Å²) >= 11 is 6.18. The van der Waals surface area contributed by atoms with Gasteiger partial charge in [0.05, 0.1) is 19.9 Å². The van der Waals surface area contributed by atoms with Gasteiger partial charge in [-0.25, -0.2) is 0 Å². The molecule has 1 saturated heterocycles. The van der Waals surface area contributed by atoms with E-state index in [9.17, 15) is 0 Å². The molecular formula is C21H28ClIN4O2. The highest BCUT2D eigenvalue weighted by Crippen LogP contribution is 2.33. The highest BCUT2D eigenvalue weighted by molar-refractivity contribution is 14.0. The fraction of sp³-hybridized carbons (Fsp3) is 0.381. The lowest BCUT2D eigenvalue weighted by Gasteiger charge is -2.22. The van der Waals surface area contributed by atoms with Gasteiger partial charge in [0.1, 0.15) is 11.5 Å². The van der Waals surface area contributed by atoms with Gasteiger partial charge in [0, 0.05) is 37.7 Å². The molecule has 8 heteroatoms. The van der Waals surface area contributed by atoms with Crippen LogP contribution in [0.15, 0.2) is 47.5 Å². The first-order valence-electron chi connectivity index (χ1n) is 9.31. The topological polar surface area (TPSA) is 58.1 Å². The van der Waals surface area contributed by atoms with E-state index in [2.05, 4.69) is 20.5 Å². The molecule has 3 rings (SSSR count). The quantitative estimate of drug-likeness (QED) is 0.337. The zero-order valence-corrected chi connectivity index (χ0v) is 20.0. The number of benzene rings is 2. The highest BCUT2D eigenvalue weighted by atomic mass is 127. The fourth-order valence-electron chi connectivity index (χ4n) is 3.32. The smallest absolute Gasteiger partial charge is 0.191 e. The molecule has 0 aliphatic carbocycles. The molecule has 1 unspecified atom stereocenters. The molecule has 1 aliphatic rings. The van der Waals surface area contributed by atoms with Crippen molar-refractivity contribution < 1.29 is 9.47 Å². The van der Waals surface area contributed by atoms with Gasteiger partial charge in [-0.2, -0.15) is 0 Å². The van der Waals surface area contributed by atoms with Crippen LogP contribution < -0.4 is 25.0 Å². The molecule has 158 valence electrons. The Morgan fingerprint density at radius 3 is 2.59 bits per heavy atom. The average Bonchev–Trinajstić information content (AvgIpc) is 3.19. The molecule has 0 radical (unpaired) electrons. The minimum atomic E-state index is 0. The number of nitrogens with zero attached hydrogens (tertiary/aromatic N) is 2. The Morgan fingerprint density at radius 1 is 1.17 bits per heavy atom. The van der Waals surface area contributed by atoms with E-state index in [0.717, 1.165) is 42.7 Å². The van der Waals surface area contributed by atoms with Crippen LogP contribution in [0.25, 0.3) is 0 Å². The third-order valence-corrected chi connectivity index (χ3v) is 5.09. The second kappa shape index (κ2) is 11.3. The van der Waals surface area contributed by atoms with Crippen LogP contribution in [0.3, 0.4) is 0 Å². The van der Waals surface area contributed by atoms with Gasteiger partial charge in [-0.15, -0.1) is 24.0 Å². The summed E-state index contributed by atoms with van der Waals surface area (Å²) in [6.45, 7) is 2.49. The Morgan fingerprint density at radius 2 is 1.93 bits per heavy atom. The van der Waals surface area contributed by atoms with Crippen LogP contribution >= 0.6 is 35.6 Å². The van der Waals surface area contributed by atoms with Crippen molar-refractivity contribution in [3.8, 4) is 11.5 Å². The van der Waals surface area contributed by atoms with E-state index in [1.54, 1.807) is 21.3 Å². The summed E-state index contributed by atoms with van der Waals surface area (Å²) in [4.78, 5) is 6.64. The highest BCUT2D eigenvalue weighted by Gasteiger charge is 2.25. The first kappa shape index (κ1) is 23.4. The molecule has 29 heavy (non-hydrogen) atoms. The van der Waals surface area contributed by atoms with Crippen molar-refractivity contribution in [2.24, 2.45) is 4.99 Å². The second-order valence-corrected chi connectivity index (χ2v) is 7.10. The van der Waals surface area contributed by atoms with Crippen LogP contribution in [-0.2, 0) is 6.54 Å². The van der Waals surface area contributed by atoms with Crippen LogP contribution in [0.2, 0.25) is 5.02 Å². The van der Waals surface area contributed by atoms with Crippen molar-refractivity contribution in [3.63, 3.8) is 0 Å². The molecule has 1 atom stereocenters. The number of hydrogen-bond acceptors (Lipinski definition) is 4. The third-order valence-electron chi connectivity index (χ3n) is 4.85. The summed E-state index contributed by atoms with van der Waals surface area (Å²) in [7, 11) is 5.14. The predicted molar refractivity (Wildman–Crippen MR) is 130 cm³/mol. The molecular weight excluding hydrogens is 503 g/mol. The minimum Gasteiger partial charge on any atom is -0.497 e. The molecule has 0 amide bonds. The van der Waals surface area contributed by atoms with E-state index in [1.165, 1.54) is 5.56 Å². The molecule has 2 aromatic carbocycles. The molecule has 6 nitrogen and oxygen atoms in total. The van der Waals surface area contributed by atoms with E-state index >= 15 is 0 Å². The zero-order valence-electron chi connectivity index (χ0n) is 16.9. The van der Waals surface area contributed by atoms with Crippen LogP contribution in [0.5, 0.6) is 11.5 Å². The maximum absolute atomic E-state index is 6.18. The van der Waals surface area contributed by atoms with Crippen LogP contribution in [0, 0.1) is 0 Å². The Kier molecular flexibility index (Phi) is 9.16. The number of ether oxygens (including phenoxy) is 2. The maximum atomic E-state index is 6.18. The van der Waals surface area contributed by atoms with Gasteiger partial charge in [0.15, 0.2) is 5.96 Å². The van der Waals surface area contributed by atoms with Crippen molar-refractivity contribution in [3.05, 3.63) is 53.1 Å². The van der Waals surface area contributed by atoms with E-state index in [1.807, 2.05) is 42.5 Å². The van der Waals surface area contributed by atoms with E-state index < -0.39 is 0 Å². The number of halogens is 2. The first-order valence-corrected chi connectivity index (χ1v) is 9.69. The number of nitrogens with one attached hydrogen (secondary N) is 2. The molecule has 2 N–H and O–H groups in total. The number of aliphatic imine (C=N–C) groups is 1. The number of methoxy groups -OCH3 is 2. The van der Waals surface area contributed by atoms with Gasteiger partial charge in [-0.1, -0.05) is 23.7 Å². The van der Waals surface area contributed by atoms with E-state index in [0.29, 0.717) is 17.6 Å². The van der Waals surface area contributed by atoms with Crippen molar-refractivity contribution in [2.75, 3.05) is 39.3 Å². The maximum Gasteiger partial charge on any atom is 0.191 e. The predicted octanol–water partition coefficient (Wildman–Crippen LogP) is 3.92. The molecule has 0 aromatic heterocycles. The lowest BCUT2D eigenvalue weighted by atomic mass is 10.2. The lowest BCUT2D eigenvalue weighted by molar-refractivity contribution is 0.414. The molecule has 1 fully saturated rings. The number of hydrogen-bond donors (Lipinski definition) is 2. The van der Waals surface area contributed by atoms with Gasteiger partial charge in [0.2, 0.25) is 0 Å². The first-order chi connectivity index (χ1) is 13.6. The largest absolute Gasteiger partial charge is 0.497 e. The Labute approximate surface area is 194 Å². The fourth-order valence-corrected chi connectivity index (χ4v) is 3.49. The summed E-state index contributed by atoms with van der Waals surface area (Å²) in [5.41, 5.74) is 2.20. The van der Waals surface area contributed by atoms with Gasteiger partial charge < -0.3 is 25.0 Å². The standard InChI is InChI=1S/C21H27ClN4O2.HI/c1-23-21(24-13-15-4-7-18(27-2)8-5-15)25-17-10-11-26(14-17)19-12-16(22)6-9-20(19)28-3;/h4-9,12,17H,10-11,13-14H2,1-3H3,(H2,23,24,25);1H. The third kappa shape index (κ3) is 6.30. The Bertz CT molecular complexity index is 817. The second-order valence-electron chi connectivity index (χ2n) is 6.67. The van der Waals surface area contributed by atoms with Crippen LogP contribution in [-0.4, -0.2) is 46.4 Å². The van der Waals surface area contributed by atoms with Crippen molar-refractivity contribution >= 4 is 47.2 Å². The molecule has 2 aromatic rings. The summed E-state index contributed by atoms with van der Waals surface area (Å²) in [6, 6.07) is 14.0. The minimum absolute atomic E-state index is 0. The summed E-state index contributed by atoms with van der Waals surface area (Å²) < 4.78 is 10.7. The average molecular weight is 531 g/mol. The van der Waals surface area contributed by atoms with Crippen molar-refractivity contribution in [1.82, 2.24) is 10.6 Å². The molecule has 0 saturated carbocycles. The SMILES string of the molecule is CN=C(NCc1ccc(OC)cc1)NC1CCN(c2cc(Cl)ccc2OC)C1.I. The van der Waals surface area contributed by atoms with E-state index in [-0.39, 0.29) is 24.0 Å². The molecule has 0 bridgehead atoms. The van der Waals surface area contributed by atoms with Gasteiger partial charge in [0.25, 0.3) is 0 Å². The van der Waals surface area contributed by atoms with Gasteiger partial charge in [-0.3, -0.25) is 4.99 Å². The summed E-state index contributed by atoms with van der Waals surface area (Å²) in [6.07, 6.45) is 1.01. The normalized spacial score (nSPS) is 16.2. The summed E-state index contributed by atoms with van der Waals surface area (Å²) in [5.74, 6) is 2.49. The zero-order chi connectivity index (χ0) is 19.9. The number of anilines is 1. The Balaban J connectivity index is 0.00000300. The number of guanidine groups is 1. The molecule has 1 aliphatic heterocycles. The van der Waals surface area contributed by atoms with Crippen LogP contribution in [0.4, 0.5) is 5.69 Å². The lowest BCUT2D eigenvalue weighted by Crippen LogP contribution is -2.44. The van der Waals surface area contributed by atoms with Crippen molar-refractivity contribution in [1.29, 1.82) is 0 Å². The van der Waals surface area contributed by atoms with Crippen molar-refractivity contribution in [2.45, 2.75) is 19.0 Å². The molecule has 0 spiro atoms.